The molecule has 142 valence electrons. The molecule has 0 aliphatic heterocycles. The number of nitrogens with one attached hydrogen (secondary N) is 2. The fourth-order valence-electron chi connectivity index (χ4n) is 2.52. The first-order valence-electron chi connectivity index (χ1n) is 8.22. The SMILES string of the molecule is CC(=O)NCCCCC(N)C(=O)Nc1ccc2oc(=O)cc(C)c2c1.Cl. The van der Waals surface area contributed by atoms with Gasteiger partial charge in [-0.25, -0.2) is 4.79 Å². The van der Waals surface area contributed by atoms with Crippen LogP contribution in [0.5, 0.6) is 0 Å². The van der Waals surface area contributed by atoms with Crippen LogP contribution in [0.2, 0.25) is 0 Å². The van der Waals surface area contributed by atoms with E-state index in [9.17, 15) is 14.4 Å². The number of carbonyl (C=O) groups is 2. The summed E-state index contributed by atoms with van der Waals surface area (Å²) in [5.74, 6) is -0.335. The maximum atomic E-state index is 12.2. The fraction of sp³-hybridized carbons (Fsp3) is 0.389. The van der Waals surface area contributed by atoms with Crippen molar-refractivity contribution in [1.82, 2.24) is 5.32 Å². The Balaban J connectivity index is 0.00000338. The predicted octanol–water partition coefficient (Wildman–Crippen LogP) is 2.10. The van der Waals surface area contributed by atoms with Gasteiger partial charge in [0.2, 0.25) is 11.8 Å². The number of amides is 2. The zero-order valence-corrected chi connectivity index (χ0v) is 15.7. The average Bonchev–Trinajstić information content (AvgIpc) is 2.54. The number of hydrogen-bond donors (Lipinski definition) is 3. The largest absolute Gasteiger partial charge is 0.423 e. The van der Waals surface area contributed by atoms with E-state index in [4.69, 9.17) is 10.2 Å². The van der Waals surface area contributed by atoms with Gasteiger partial charge >= 0.3 is 5.63 Å². The molecule has 2 amide bonds. The van der Waals surface area contributed by atoms with Gasteiger partial charge in [-0.05, 0) is 49.9 Å². The highest BCUT2D eigenvalue weighted by Crippen LogP contribution is 2.21. The summed E-state index contributed by atoms with van der Waals surface area (Å²) in [4.78, 5) is 34.3. The summed E-state index contributed by atoms with van der Waals surface area (Å²) in [5, 5.41) is 6.25. The molecular weight excluding hydrogens is 358 g/mol. The van der Waals surface area contributed by atoms with E-state index in [2.05, 4.69) is 10.6 Å². The Kier molecular flexibility index (Phi) is 8.28. The lowest BCUT2D eigenvalue weighted by molar-refractivity contribution is -0.119. The summed E-state index contributed by atoms with van der Waals surface area (Å²) in [6.45, 7) is 3.86. The van der Waals surface area contributed by atoms with Gasteiger partial charge in [0.25, 0.3) is 0 Å². The minimum absolute atomic E-state index is 0. The number of halogens is 1. The average molecular weight is 382 g/mol. The molecule has 0 saturated carbocycles. The fourth-order valence-corrected chi connectivity index (χ4v) is 2.52. The van der Waals surface area contributed by atoms with Crippen molar-refractivity contribution in [3.63, 3.8) is 0 Å². The van der Waals surface area contributed by atoms with Crippen LogP contribution in [0.4, 0.5) is 5.69 Å². The zero-order chi connectivity index (χ0) is 18.4. The Morgan fingerprint density at radius 1 is 1.23 bits per heavy atom. The van der Waals surface area contributed by atoms with Gasteiger partial charge in [-0.2, -0.15) is 0 Å². The Bertz CT molecular complexity index is 835. The van der Waals surface area contributed by atoms with E-state index >= 15 is 0 Å². The molecule has 1 heterocycles. The van der Waals surface area contributed by atoms with Gasteiger partial charge in [0, 0.05) is 30.6 Å². The first-order chi connectivity index (χ1) is 11.9. The van der Waals surface area contributed by atoms with E-state index < -0.39 is 11.7 Å². The smallest absolute Gasteiger partial charge is 0.336 e. The van der Waals surface area contributed by atoms with Crippen LogP contribution in [-0.4, -0.2) is 24.4 Å². The molecule has 0 aliphatic carbocycles. The maximum absolute atomic E-state index is 12.2. The van der Waals surface area contributed by atoms with Crippen LogP contribution in [0.25, 0.3) is 11.0 Å². The molecular formula is C18H24ClN3O4. The number of hydrogen-bond acceptors (Lipinski definition) is 5. The van der Waals surface area contributed by atoms with Gasteiger partial charge in [0.15, 0.2) is 0 Å². The molecule has 0 aliphatic rings. The topological polar surface area (TPSA) is 114 Å². The number of aryl methyl sites for hydroxylation is 1. The quantitative estimate of drug-likeness (QED) is 0.502. The first-order valence-corrected chi connectivity index (χ1v) is 8.22. The normalized spacial score (nSPS) is 11.5. The molecule has 1 atom stereocenters. The van der Waals surface area contributed by atoms with Crippen molar-refractivity contribution in [3.8, 4) is 0 Å². The van der Waals surface area contributed by atoms with Crippen LogP contribution < -0.4 is 22.0 Å². The summed E-state index contributed by atoms with van der Waals surface area (Å²) in [5.41, 5.74) is 7.37. The van der Waals surface area contributed by atoms with E-state index in [-0.39, 0.29) is 24.2 Å². The predicted molar refractivity (Wildman–Crippen MR) is 104 cm³/mol. The Morgan fingerprint density at radius 2 is 1.96 bits per heavy atom. The lowest BCUT2D eigenvalue weighted by Gasteiger charge is -2.13. The molecule has 8 heteroatoms. The summed E-state index contributed by atoms with van der Waals surface area (Å²) >= 11 is 0. The van der Waals surface area contributed by atoms with Crippen molar-refractivity contribution in [2.75, 3.05) is 11.9 Å². The standard InChI is InChI=1S/C18H23N3O4.ClH/c1-11-9-17(23)25-16-7-6-13(10-14(11)16)21-18(24)15(19)5-3-4-8-20-12(2)22;/h6-7,9-10,15H,3-5,8,19H2,1-2H3,(H,20,22)(H,21,24);1H. The second-order valence-corrected chi connectivity index (χ2v) is 6.03. The van der Waals surface area contributed by atoms with Crippen LogP contribution in [0.3, 0.4) is 0 Å². The molecule has 0 radical (unpaired) electrons. The van der Waals surface area contributed by atoms with Crippen LogP contribution >= 0.6 is 12.4 Å². The third-order valence-electron chi connectivity index (χ3n) is 3.87. The number of rotatable bonds is 7. The number of fused-ring (bicyclic) bond motifs is 1. The Morgan fingerprint density at radius 3 is 2.65 bits per heavy atom. The number of carbonyl (C=O) groups excluding carboxylic acids is 2. The van der Waals surface area contributed by atoms with Crippen molar-refractivity contribution in [1.29, 1.82) is 0 Å². The highest BCUT2D eigenvalue weighted by Gasteiger charge is 2.14. The van der Waals surface area contributed by atoms with Crippen LogP contribution in [0, 0.1) is 6.92 Å². The molecule has 26 heavy (non-hydrogen) atoms. The van der Waals surface area contributed by atoms with Gasteiger partial charge in [-0.1, -0.05) is 0 Å². The summed E-state index contributed by atoms with van der Waals surface area (Å²) in [7, 11) is 0. The Hall–Kier alpha value is -2.38. The lowest BCUT2D eigenvalue weighted by Crippen LogP contribution is -2.35. The van der Waals surface area contributed by atoms with E-state index in [1.54, 1.807) is 18.2 Å². The van der Waals surface area contributed by atoms with Gasteiger partial charge in [-0.3, -0.25) is 9.59 Å². The molecule has 7 nitrogen and oxygen atoms in total. The second kappa shape index (κ2) is 9.94. The van der Waals surface area contributed by atoms with Gasteiger partial charge in [0.05, 0.1) is 6.04 Å². The monoisotopic (exact) mass is 381 g/mol. The van der Waals surface area contributed by atoms with E-state index in [0.29, 0.717) is 24.2 Å². The molecule has 1 aromatic carbocycles. The highest BCUT2D eigenvalue weighted by molar-refractivity contribution is 5.96. The Labute approximate surface area is 157 Å². The molecule has 1 unspecified atom stereocenters. The van der Waals surface area contributed by atoms with Gasteiger partial charge in [0.1, 0.15) is 5.58 Å². The van der Waals surface area contributed by atoms with Crippen molar-refractivity contribution >= 4 is 40.9 Å². The lowest BCUT2D eigenvalue weighted by atomic mass is 10.1. The van der Waals surface area contributed by atoms with E-state index in [0.717, 1.165) is 23.8 Å². The molecule has 1 aromatic heterocycles. The molecule has 4 N–H and O–H groups in total. The van der Waals surface area contributed by atoms with E-state index in [1.165, 1.54) is 13.0 Å². The summed E-state index contributed by atoms with van der Waals surface area (Å²) in [6.07, 6.45) is 2.05. The molecule has 0 spiro atoms. The molecule has 0 fully saturated rings. The van der Waals surface area contributed by atoms with Crippen molar-refractivity contribution in [3.05, 3.63) is 40.2 Å². The minimum Gasteiger partial charge on any atom is -0.423 e. The minimum atomic E-state index is -0.622. The maximum Gasteiger partial charge on any atom is 0.336 e. The molecule has 0 saturated heterocycles. The van der Waals surface area contributed by atoms with Crippen LogP contribution in [-0.2, 0) is 9.59 Å². The third-order valence-corrected chi connectivity index (χ3v) is 3.87. The molecule has 2 aromatic rings. The van der Waals surface area contributed by atoms with Crippen molar-refractivity contribution < 1.29 is 14.0 Å². The number of anilines is 1. The summed E-state index contributed by atoms with van der Waals surface area (Å²) < 4.78 is 5.12. The highest BCUT2D eigenvalue weighted by atomic mass is 35.5. The summed E-state index contributed by atoms with van der Waals surface area (Å²) in [6, 6.07) is 5.87. The zero-order valence-electron chi connectivity index (χ0n) is 14.8. The van der Waals surface area contributed by atoms with Crippen LogP contribution in [0.15, 0.2) is 33.5 Å². The van der Waals surface area contributed by atoms with Gasteiger partial charge < -0.3 is 20.8 Å². The van der Waals surface area contributed by atoms with Crippen LogP contribution in [0.1, 0.15) is 31.7 Å². The number of benzene rings is 1. The van der Waals surface area contributed by atoms with Crippen molar-refractivity contribution in [2.24, 2.45) is 5.73 Å². The van der Waals surface area contributed by atoms with Gasteiger partial charge in [-0.15, -0.1) is 12.4 Å². The van der Waals surface area contributed by atoms with Crippen molar-refractivity contribution in [2.45, 2.75) is 39.2 Å². The molecule has 0 bridgehead atoms. The number of nitrogens with two attached hydrogens (primary N) is 1. The number of unbranched alkanes of at least 4 members (excludes halogenated alkanes) is 1. The first kappa shape index (κ1) is 21.7. The third kappa shape index (κ3) is 6.16. The molecule has 2 rings (SSSR count). The second-order valence-electron chi connectivity index (χ2n) is 6.03. The van der Waals surface area contributed by atoms with E-state index in [1.807, 2.05) is 6.92 Å².